The minimum absolute atomic E-state index is 0.233. The molecule has 1 atom stereocenters. The predicted molar refractivity (Wildman–Crippen MR) is 146 cm³/mol. The number of para-hydroxylation sites is 1. The largest absolute Gasteiger partial charge is 0.493 e. The lowest BCUT2D eigenvalue weighted by molar-refractivity contribution is 0.0909. The van der Waals surface area contributed by atoms with Crippen molar-refractivity contribution in [2.45, 2.75) is 11.4 Å². The monoisotopic (exact) mass is 612 g/mol. The molecule has 5 rings (SSSR count). The minimum atomic E-state index is -0.875. The van der Waals surface area contributed by atoms with Gasteiger partial charge in [-0.15, -0.1) is 10.2 Å². The molecule has 1 amide bonds. The fourth-order valence-corrected chi connectivity index (χ4v) is 5.18. The number of thioether (sulfide) groups is 1. The van der Waals surface area contributed by atoms with E-state index in [2.05, 4.69) is 37.8 Å². The van der Waals surface area contributed by atoms with Crippen molar-refractivity contribution in [3.05, 3.63) is 81.4 Å². The van der Waals surface area contributed by atoms with E-state index in [1.54, 1.807) is 31.3 Å². The van der Waals surface area contributed by atoms with Crippen LogP contribution in [0.1, 0.15) is 22.1 Å². The van der Waals surface area contributed by atoms with Gasteiger partial charge in [0, 0.05) is 16.7 Å². The average molecular weight is 612 g/mol. The van der Waals surface area contributed by atoms with E-state index in [4.69, 9.17) is 14.2 Å². The van der Waals surface area contributed by atoms with Gasteiger partial charge >= 0.3 is 0 Å². The number of benzene rings is 3. The second kappa shape index (κ2) is 10.3. The van der Waals surface area contributed by atoms with Crippen LogP contribution >= 0.6 is 34.4 Å². The topological polar surface area (TPSA) is 86.7 Å². The van der Waals surface area contributed by atoms with E-state index in [0.29, 0.717) is 50.6 Å². The van der Waals surface area contributed by atoms with E-state index in [-0.39, 0.29) is 5.91 Å². The van der Waals surface area contributed by atoms with Gasteiger partial charge in [0.1, 0.15) is 0 Å². The van der Waals surface area contributed by atoms with Crippen molar-refractivity contribution in [1.29, 1.82) is 0 Å². The zero-order chi connectivity index (χ0) is 25.2. The molecule has 36 heavy (non-hydrogen) atoms. The Morgan fingerprint density at radius 1 is 1.03 bits per heavy atom. The van der Waals surface area contributed by atoms with Crippen LogP contribution in [0.4, 0.5) is 5.69 Å². The Bertz CT molecular complexity index is 1440. The fourth-order valence-electron chi connectivity index (χ4n) is 4.04. The number of halogens is 1. The van der Waals surface area contributed by atoms with Crippen molar-refractivity contribution < 1.29 is 19.0 Å². The quantitative estimate of drug-likeness (QED) is 0.212. The maximum absolute atomic E-state index is 14.1. The summed E-state index contributed by atoms with van der Waals surface area (Å²) in [5.74, 6) is 1.19. The first-order chi connectivity index (χ1) is 17.5. The fraction of sp³-hybridized carbons (Fsp3) is 0.154. The smallest absolute Gasteiger partial charge is 0.261 e. The molecule has 0 spiro atoms. The summed E-state index contributed by atoms with van der Waals surface area (Å²) >= 11 is 3.54. The molecule has 0 saturated carbocycles. The molecule has 0 radical (unpaired) electrons. The molecule has 2 heterocycles. The van der Waals surface area contributed by atoms with Crippen LogP contribution < -0.4 is 19.1 Å². The van der Waals surface area contributed by atoms with Crippen LogP contribution in [0.15, 0.2) is 71.9 Å². The van der Waals surface area contributed by atoms with Gasteiger partial charge in [0.2, 0.25) is 17.3 Å². The molecule has 0 fully saturated rings. The van der Waals surface area contributed by atoms with Gasteiger partial charge in [0.15, 0.2) is 17.2 Å². The van der Waals surface area contributed by atoms with E-state index >= 15 is 0 Å². The number of methoxy groups -OCH3 is 2. The van der Waals surface area contributed by atoms with Crippen LogP contribution in [0.5, 0.6) is 17.4 Å². The molecule has 3 aromatic carbocycles. The van der Waals surface area contributed by atoms with E-state index in [1.807, 2.05) is 60.9 Å². The van der Waals surface area contributed by atoms with Crippen molar-refractivity contribution in [2.75, 3.05) is 25.4 Å². The molecular weight excluding hydrogens is 591 g/mol. The lowest BCUT2D eigenvalue weighted by Crippen LogP contribution is -2.37. The highest BCUT2D eigenvalue weighted by Crippen LogP contribution is 2.45. The number of hydrogen-bond acceptors (Lipinski definition) is 8. The molecule has 8 nitrogen and oxygen atoms in total. The molecular formula is C26H21IN4O4S. The van der Waals surface area contributed by atoms with Crippen LogP contribution in [-0.4, -0.2) is 41.6 Å². The predicted octanol–water partition coefficient (Wildman–Crippen LogP) is 5.62. The first kappa shape index (κ1) is 24.3. The first-order valence-electron chi connectivity index (χ1n) is 10.9. The Kier molecular flexibility index (Phi) is 6.97. The number of hydrogen-bond donors (Lipinski definition) is 0. The molecule has 1 aromatic heterocycles. The van der Waals surface area contributed by atoms with Crippen LogP contribution in [0, 0.1) is 3.57 Å². The highest BCUT2D eigenvalue weighted by molar-refractivity contribution is 14.1. The van der Waals surface area contributed by atoms with Crippen LogP contribution in [0.25, 0.3) is 11.3 Å². The molecule has 0 saturated heterocycles. The Hall–Kier alpha value is -3.38. The Balaban J connectivity index is 1.78. The highest BCUT2D eigenvalue weighted by Gasteiger charge is 2.37. The highest BCUT2D eigenvalue weighted by atomic mass is 127. The van der Waals surface area contributed by atoms with E-state index in [9.17, 15) is 4.79 Å². The number of amides is 1. The summed E-state index contributed by atoms with van der Waals surface area (Å²) in [7, 11) is 3.16. The van der Waals surface area contributed by atoms with Gasteiger partial charge in [-0.05, 0) is 59.2 Å². The van der Waals surface area contributed by atoms with E-state index in [0.717, 1.165) is 3.57 Å². The zero-order valence-corrected chi connectivity index (χ0v) is 22.6. The van der Waals surface area contributed by atoms with Gasteiger partial charge in [-0.25, -0.2) is 0 Å². The summed E-state index contributed by atoms with van der Waals surface area (Å²) in [5, 5.41) is 9.11. The third-order valence-electron chi connectivity index (χ3n) is 5.67. The second-order valence-electron chi connectivity index (χ2n) is 7.72. The van der Waals surface area contributed by atoms with Crippen LogP contribution in [0.3, 0.4) is 0 Å². The summed E-state index contributed by atoms with van der Waals surface area (Å²) in [6.07, 6.45) is 0.993. The normalized spacial score (nSPS) is 14.2. The SMILES string of the molecule is COc1cc([C@H]2Oc3nc(SC)nnc3-c3ccccc3N2C(=O)c2ccccc2)cc(I)c1OC. The summed E-state index contributed by atoms with van der Waals surface area (Å²) in [6.45, 7) is 0. The standard InChI is InChI=1S/C26H21IN4O4S/c1-33-20-14-16(13-18(27)22(20)34-2)25-31(24(32)15-9-5-4-6-10-15)19-12-8-7-11-17(19)21-23(35-25)28-26(36-3)30-29-21/h4-14,25H,1-3H3/t25-/m1/s1. The van der Waals surface area contributed by atoms with Gasteiger partial charge < -0.3 is 14.2 Å². The third kappa shape index (κ3) is 4.35. The summed E-state index contributed by atoms with van der Waals surface area (Å²) < 4.78 is 18.5. The summed E-state index contributed by atoms with van der Waals surface area (Å²) in [6, 6.07) is 20.3. The number of ether oxygens (including phenoxy) is 3. The van der Waals surface area contributed by atoms with Gasteiger partial charge in [-0.3, -0.25) is 9.69 Å². The molecule has 4 aromatic rings. The number of carbonyl (C=O) groups is 1. The Morgan fingerprint density at radius 3 is 2.50 bits per heavy atom. The number of aromatic nitrogens is 3. The maximum atomic E-state index is 14.1. The van der Waals surface area contributed by atoms with Crippen molar-refractivity contribution in [2.24, 2.45) is 0 Å². The number of fused-ring (bicyclic) bond motifs is 3. The molecule has 1 aliphatic heterocycles. The minimum Gasteiger partial charge on any atom is -0.493 e. The number of nitrogens with zero attached hydrogens (tertiary/aromatic N) is 4. The van der Waals surface area contributed by atoms with Gasteiger partial charge in [-0.1, -0.05) is 48.2 Å². The van der Waals surface area contributed by atoms with Crippen LogP contribution in [-0.2, 0) is 0 Å². The first-order valence-corrected chi connectivity index (χ1v) is 13.2. The average Bonchev–Trinajstić information content (AvgIpc) is 3.06. The zero-order valence-electron chi connectivity index (χ0n) is 19.6. The second-order valence-corrected chi connectivity index (χ2v) is 9.65. The molecule has 182 valence electrons. The molecule has 0 unspecified atom stereocenters. The third-order valence-corrected chi connectivity index (χ3v) is 7.01. The number of rotatable bonds is 5. The molecule has 10 heteroatoms. The van der Waals surface area contributed by atoms with Crippen molar-refractivity contribution in [3.8, 4) is 28.6 Å². The van der Waals surface area contributed by atoms with Crippen LogP contribution in [0.2, 0.25) is 0 Å². The lowest BCUT2D eigenvalue weighted by atomic mass is 10.1. The van der Waals surface area contributed by atoms with Crippen molar-refractivity contribution >= 4 is 45.9 Å². The Morgan fingerprint density at radius 2 is 1.78 bits per heavy atom. The van der Waals surface area contributed by atoms with E-state index < -0.39 is 6.23 Å². The van der Waals surface area contributed by atoms with E-state index in [1.165, 1.54) is 11.8 Å². The molecule has 0 N–H and O–H groups in total. The van der Waals surface area contributed by atoms with Crippen molar-refractivity contribution in [1.82, 2.24) is 15.2 Å². The van der Waals surface area contributed by atoms with Gasteiger partial charge in [0.05, 0.1) is 23.5 Å². The molecule has 1 aliphatic rings. The summed E-state index contributed by atoms with van der Waals surface area (Å²) in [5.41, 5.74) is 3.00. The summed E-state index contributed by atoms with van der Waals surface area (Å²) in [4.78, 5) is 20.3. The number of anilines is 1. The molecule has 0 bridgehead atoms. The van der Waals surface area contributed by atoms with Gasteiger partial charge in [0.25, 0.3) is 5.91 Å². The molecule has 0 aliphatic carbocycles. The van der Waals surface area contributed by atoms with Gasteiger partial charge in [-0.2, -0.15) is 4.98 Å². The maximum Gasteiger partial charge on any atom is 0.261 e. The Labute approximate surface area is 226 Å². The number of carbonyl (C=O) groups excluding carboxylic acids is 1. The lowest BCUT2D eigenvalue weighted by Gasteiger charge is -2.31. The van der Waals surface area contributed by atoms with Crippen molar-refractivity contribution in [3.63, 3.8) is 0 Å².